The summed E-state index contributed by atoms with van der Waals surface area (Å²) in [5, 5.41) is 25.5. The predicted octanol–water partition coefficient (Wildman–Crippen LogP) is 1.35. The molecule has 0 fully saturated rings. The van der Waals surface area contributed by atoms with Crippen molar-refractivity contribution >= 4 is 26.1 Å². The molecular formula is C20H29NO9S2. The Morgan fingerprint density at radius 3 is 1.44 bits per heavy atom. The van der Waals surface area contributed by atoms with Crippen LogP contribution in [0.5, 0.6) is 0 Å². The third-order valence-electron chi connectivity index (χ3n) is 3.73. The number of benzene rings is 2. The number of carboxylic acids is 1. The minimum Gasteiger partial charge on any atom is -0.481 e. The highest BCUT2D eigenvalue weighted by Crippen LogP contribution is 2.13. The Labute approximate surface area is 188 Å². The van der Waals surface area contributed by atoms with E-state index in [1.54, 1.807) is 24.3 Å². The van der Waals surface area contributed by atoms with Gasteiger partial charge >= 0.3 is 0 Å². The lowest BCUT2D eigenvalue weighted by atomic mass is 10.1. The van der Waals surface area contributed by atoms with Crippen molar-refractivity contribution in [1.82, 2.24) is 4.72 Å². The van der Waals surface area contributed by atoms with Crippen molar-refractivity contribution in [1.29, 1.82) is 0 Å². The molecule has 0 spiro atoms. The topological polar surface area (TPSA) is 178 Å². The summed E-state index contributed by atoms with van der Waals surface area (Å²) in [6.45, 7) is 5.26. The van der Waals surface area contributed by atoms with Crippen molar-refractivity contribution in [2.24, 2.45) is 0 Å². The van der Waals surface area contributed by atoms with E-state index >= 15 is 0 Å². The first-order valence-corrected chi connectivity index (χ1v) is 12.0. The molecule has 0 unspecified atom stereocenters. The molecule has 180 valence electrons. The molecule has 0 bridgehead atoms. The summed E-state index contributed by atoms with van der Waals surface area (Å²) in [6, 6.07) is 12.3. The second-order valence-corrected chi connectivity index (χ2v) is 10.2. The van der Waals surface area contributed by atoms with Crippen LogP contribution < -0.4 is 4.72 Å². The van der Waals surface area contributed by atoms with Crippen LogP contribution in [0.4, 0.5) is 0 Å². The zero-order valence-corrected chi connectivity index (χ0v) is 19.8. The fourth-order valence-electron chi connectivity index (χ4n) is 1.93. The number of hydrogen-bond acceptors (Lipinski definition) is 7. The summed E-state index contributed by atoms with van der Waals surface area (Å²) in [7, 11) is -7.75. The molecule has 2 rings (SSSR count). The van der Waals surface area contributed by atoms with Crippen molar-refractivity contribution in [3.63, 3.8) is 0 Å². The molecule has 5 N–H and O–H groups in total. The average molecular weight is 492 g/mol. The number of sulfonamides is 1. The lowest BCUT2D eigenvalue weighted by molar-refractivity contribution is -0.134. The number of aliphatic hydroxyl groups is 2. The van der Waals surface area contributed by atoms with E-state index in [4.69, 9.17) is 24.7 Å². The number of aryl methyl sites for hydroxylation is 2. The zero-order valence-electron chi connectivity index (χ0n) is 18.2. The minimum absolute atomic E-state index is 0.0666. The molecule has 0 aliphatic rings. The number of hydrogen-bond donors (Lipinski definition) is 5. The molecule has 0 aliphatic heterocycles. The summed E-state index contributed by atoms with van der Waals surface area (Å²) in [4.78, 5) is 9.04. The van der Waals surface area contributed by atoms with E-state index in [1.807, 2.05) is 13.8 Å². The van der Waals surface area contributed by atoms with E-state index in [0.29, 0.717) is 0 Å². The van der Waals surface area contributed by atoms with E-state index in [1.165, 1.54) is 31.2 Å². The second-order valence-electron chi connectivity index (χ2n) is 7.10. The summed E-state index contributed by atoms with van der Waals surface area (Å²) in [6.07, 6.45) is 0. The molecule has 10 nitrogen and oxygen atoms in total. The van der Waals surface area contributed by atoms with Gasteiger partial charge in [-0.1, -0.05) is 35.4 Å². The summed E-state index contributed by atoms with van der Waals surface area (Å²) in [5.74, 6) is -0.833. The lowest BCUT2D eigenvalue weighted by Gasteiger charge is -2.25. The number of nitrogens with one attached hydrogen (secondary N) is 1. The van der Waals surface area contributed by atoms with Gasteiger partial charge in [0.2, 0.25) is 10.0 Å². The number of carbonyl (C=O) groups is 1. The second kappa shape index (κ2) is 12.6. The molecule has 12 heteroatoms. The summed E-state index contributed by atoms with van der Waals surface area (Å²) >= 11 is 0. The SMILES string of the molecule is CC(=O)O.Cc1ccc(S(=O)(=O)NC(C)(CO)CO)cc1.Cc1ccc(S(=O)(=O)O)cc1. The smallest absolute Gasteiger partial charge is 0.300 e. The lowest BCUT2D eigenvalue weighted by Crippen LogP contribution is -2.51. The predicted molar refractivity (Wildman–Crippen MR) is 118 cm³/mol. The van der Waals surface area contributed by atoms with Gasteiger partial charge in [-0.3, -0.25) is 9.35 Å². The molecule has 0 heterocycles. The van der Waals surface area contributed by atoms with Gasteiger partial charge < -0.3 is 15.3 Å². The van der Waals surface area contributed by atoms with Gasteiger partial charge in [0.1, 0.15) is 0 Å². The van der Waals surface area contributed by atoms with Crippen LogP contribution in [-0.4, -0.2) is 61.4 Å². The first kappa shape index (κ1) is 29.7. The van der Waals surface area contributed by atoms with Gasteiger partial charge in [0.15, 0.2) is 0 Å². The van der Waals surface area contributed by atoms with Crippen LogP contribution >= 0.6 is 0 Å². The van der Waals surface area contributed by atoms with Crippen molar-refractivity contribution in [2.45, 2.75) is 43.0 Å². The molecule has 0 saturated heterocycles. The van der Waals surface area contributed by atoms with Crippen LogP contribution in [0.15, 0.2) is 58.3 Å². The molecule has 32 heavy (non-hydrogen) atoms. The average Bonchev–Trinajstić information content (AvgIpc) is 2.67. The summed E-state index contributed by atoms with van der Waals surface area (Å²) in [5.41, 5.74) is 0.650. The van der Waals surface area contributed by atoms with E-state index < -0.39 is 44.9 Å². The number of rotatable bonds is 6. The van der Waals surface area contributed by atoms with Crippen LogP contribution in [0.3, 0.4) is 0 Å². The quantitative estimate of drug-likeness (QED) is 0.373. The van der Waals surface area contributed by atoms with E-state index in [2.05, 4.69) is 4.72 Å². The van der Waals surface area contributed by atoms with Crippen LogP contribution in [0.25, 0.3) is 0 Å². The van der Waals surface area contributed by atoms with Gasteiger partial charge in [-0.25, -0.2) is 13.1 Å². The number of aliphatic carboxylic acids is 1. The normalized spacial score (nSPS) is 11.5. The Balaban J connectivity index is 0.000000547. The molecule has 0 aromatic heterocycles. The van der Waals surface area contributed by atoms with Gasteiger partial charge in [-0.05, 0) is 45.0 Å². The Hall–Kier alpha value is -2.35. The molecule has 0 radical (unpaired) electrons. The standard InChI is InChI=1S/C11H17NO4S.C7H8O3S.C2H4O2/c1-9-3-5-10(6-4-9)17(15,16)12-11(2,7-13)8-14;1-6-2-4-7(5-3-6)11(8,9)10;1-2(3)4/h3-6,12-14H,7-8H2,1-2H3;2-5H,1H3,(H,8,9,10);1H3,(H,3,4). The fraction of sp³-hybridized carbons (Fsp3) is 0.350. The van der Waals surface area contributed by atoms with Gasteiger partial charge in [-0.15, -0.1) is 0 Å². The van der Waals surface area contributed by atoms with Gasteiger partial charge in [-0.2, -0.15) is 8.42 Å². The van der Waals surface area contributed by atoms with Crippen LogP contribution in [-0.2, 0) is 24.9 Å². The Morgan fingerprint density at radius 2 is 1.16 bits per heavy atom. The van der Waals surface area contributed by atoms with Crippen LogP contribution in [0.1, 0.15) is 25.0 Å². The van der Waals surface area contributed by atoms with Gasteiger partial charge in [0.05, 0.1) is 28.5 Å². The first-order valence-electron chi connectivity index (χ1n) is 9.12. The van der Waals surface area contributed by atoms with E-state index in [0.717, 1.165) is 18.1 Å². The molecule has 0 saturated carbocycles. The molecule has 2 aromatic rings. The maximum Gasteiger partial charge on any atom is 0.300 e. The molecular weight excluding hydrogens is 462 g/mol. The Bertz CT molecular complexity index is 1060. The fourth-order valence-corrected chi connectivity index (χ4v) is 3.80. The van der Waals surface area contributed by atoms with Crippen molar-refractivity contribution < 1.29 is 41.5 Å². The van der Waals surface area contributed by atoms with E-state index in [-0.39, 0.29) is 9.79 Å². The maximum atomic E-state index is 11.9. The van der Waals surface area contributed by atoms with Crippen LogP contribution in [0.2, 0.25) is 0 Å². The minimum atomic E-state index is -4.02. The monoisotopic (exact) mass is 491 g/mol. The largest absolute Gasteiger partial charge is 0.481 e. The summed E-state index contributed by atoms with van der Waals surface area (Å²) < 4.78 is 55.7. The highest BCUT2D eigenvalue weighted by atomic mass is 32.2. The first-order chi connectivity index (χ1) is 14.6. The van der Waals surface area contributed by atoms with Gasteiger partial charge in [0, 0.05) is 6.92 Å². The molecule has 0 aliphatic carbocycles. The Kier molecular flexibility index (Phi) is 11.7. The number of aliphatic hydroxyl groups excluding tert-OH is 2. The zero-order chi connectivity index (χ0) is 25.2. The molecule has 2 aromatic carbocycles. The third-order valence-corrected chi connectivity index (χ3v) is 6.25. The van der Waals surface area contributed by atoms with Crippen LogP contribution in [0, 0.1) is 13.8 Å². The number of carboxylic acid groups (broad SMARTS) is 1. The maximum absolute atomic E-state index is 11.9. The Morgan fingerprint density at radius 1 is 0.844 bits per heavy atom. The highest BCUT2D eigenvalue weighted by molar-refractivity contribution is 7.89. The van der Waals surface area contributed by atoms with E-state index in [9.17, 15) is 16.8 Å². The van der Waals surface area contributed by atoms with Crippen molar-refractivity contribution in [2.75, 3.05) is 13.2 Å². The molecule has 0 amide bonds. The third kappa shape index (κ3) is 11.3. The molecule has 0 atom stereocenters. The van der Waals surface area contributed by atoms with Crippen molar-refractivity contribution in [3.05, 3.63) is 59.7 Å². The highest BCUT2D eigenvalue weighted by Gasteiger charge is 2.29. The van der Waals surface area contributed by atoms with Crippen molar-refractivity contribution in [3.8, 4) is 0 Å². The van der Waals surface area contributed by atoms with Gasteiger partial charge in [0.25, 0.3) is 16.1 Å².